The van der Waals surface area contributed by atoms with Crippen LogP contribution in [0.25, 0.3) is 15.9 Å². The number of benzene rings is 2. The molecule has 5 nitrogen and oxygen atoms in total. The van der Waals surface area contributed by atoms with Gasteiger partial charge in [0.25, 0.3) is 0 Å². The van der Waals surface area contributed by atoms with Gasteiger partial charge in [0.1, 0.15) is 23.3 Å². The molecule has 3 aromatic rings. The number of ether oxygens (including phenoxy) is 2. The maximum Gasteiger partial charge on any atom is 0.225 e. The van der Waals surface area contributed by atoms with Crippen molar-refractivity contribution in [3.63, 3.8) is 0 Å². The molecule has 2 heterocycles. The molecule has 1 fully saturated rings. The maximum atomic E-state index is 14.8. The lowest BCUT2D eigenvalue weighted by Gasteiger charge is -2.24. The number of rotatable bonds is 3. The molecule has 0 radical (unpaired) electrons. The van der Waals surface area contributed by atoms with Crippen molar-refractivity contribution in [3.8, 4) is 11.5 Å². The van der Waals surface area contributed by atoms with E-state index in [1.54, 1.807) is 6.33 Å². The van der Waals surface area contributed by atoms with Crippen molar-refractivity contribution in [1.82, 2.24) is 9.55 Å². The molecule has 2 aromatic carbocycles. The van der Waals surface area contributed by atoms with E-state index in [-0.39, 0.29) is 23.4 Å². The van der Waals surface area contributed by atoms with E-state index in [0.29, 0.717) is 22.1 Å². The first kappa shape index (κ1) is 17.9. The molecule has 4 rings (SSSR count). The van der Waals surface area contributed by atoms with Gasteiger partial charge in [0, 0.05) is 12.7 Å². The second-order valence-corrected chi connectivity index (χ2v) is 6.96. The van der Waals surface area contributed by atoms with Crippen LogP contribution in [-0.4, -0.2) is 16.2 Å². The minimum atomic E-state index is -0.654. The van der Waals surface area contributed by atoms with Gasteiger partial charge in [0.2, 0.25) is 5.69 Å². The van der Waals surface area contributed by atoms with Crippen LogP contribution in [0, 0.1) is 18.2 Å². The highest BCUT2D eigenvalue weighted by Gasteiger charge is 2.22. The first-order chi connectivity index (χ1) is 13.1. The summed E-state index contributed by atoms with van der Waals surface area (Å²) in [5.41, 5.74) is 0.941. The Labute approximate surface area is 162 Å². The standard InChI is InChI=1S/C19H14BrF2N3O2/c1-23-14-8-11(5-6-12(14)21)27-19-13(22)9-15-18(17(19)20)24-10-25(15)16-4-2-3-7-26-16/h5-6,8-10,16H,2-4,7H2. The minimum Gasteiger partial charge on any atom is -0.454 e. The van der Waals surface area contributed by atoms with E-state index in [4.69, 9.17) is 16.0 Å². The van der Waals surface area contributed by atoms with Crippen LogP contribution in [-0.2, 0) is 4.74 Å². The SMILES string of the molecule is [C-]#[N+]c1cc(Oc2c(F)cc3c(ncn3C3CCCCO3)c2Br)ccc1F. The molecule has 1 aliphatic heterocycles. The number of halogens is 3. The van der Waals surface area contributed by atoms with Crippen molar-refractivity contribution in [3.05, 3.63) is 58.1 Å². The fourth-order valence-electron chi connectivity index (χ4n) is 3.11. The lowest BCUT2D eigenvalue weighted by Crippen LogP contribution is -2.17. The highest BCUT2D eigenvalue weighted by molar-refractivity contribution is 9.10. The van der Waals surface area contributed by atoms with Crippen LogP contribution in [0.3, 0.4) is 0 Å². The van der Waals surface area contributed by atoms with Gasteiger partial charge in [0.15, 0.2) is 11.6 Å². The van der Waals surface area contributed by atoms with Crippen molar-refractivity contribution in [2.45, 2.75) is 25.5 Å². The zero-order valence-electron chi connectivity index (χ0n) is 14.1. The lowest BCUT2D eigenvalue weighted by atomic mass is 10.2. The summed E-state index contributed by atoms with van der Waals surface area (Å²) in [6.45, 7) is 7.64. The zero-order chi connectivity index (χ0) is 19.0. The van der Waals surface area contributed by atoms with Crippen LogP contribution in [0.2, 0.25) is 0 Å². The second kappa shape index (κ2) is 7.25. The van der Waals surface area contributed by atoms with Crippen LogP contribution in [0.1, 0.15) is 25.5 Å². The summed E-state index contributed by atoms with van der Waals surface area (Å²) < 4.78 is 41.8. The molecule has 0 saturated carbocycles. The normalized spacial score (nSPS) is 17.0. The molecular weight excluding hydrogens is 420 g/mol. The Hall–Kier alpha value is -2.50. The third kappa shape index (κ3) is 3.29. The fourth-order valence-corrected chi connectivity index (χ4v) is 3.68. The first-order valence-electron chi connectivity index (χ1n) is 8.39. The molecule has 0 spiro atoms. The number of nitrogens with zero attached hydrogens (tertiary/aromatic N) is 3. The van der Waals surface area contributed by atoms with E-state index in [2.05, 4.69) is 25.8 Å². The Balaban J connectivity index is 1.73. The number of fused-ring (bicyclic) bond motifs is 1. The van der Waals surface area contributed by atoms with Gasteiger partial charge < -0.3 is 14.0 Å². The number of aromatic nitrogens is 2. The van der Waals surface area contributed by atoms with Crippen molar-refractivity contribution < 1.29 is 18.3 Å². The Morgan fingerprint density at radius 2 is 2.11 bits per heavy atom. The quantitative estimate of drug-likeness (QED) is 0.467. The Bertz CT molecular complexity index is 1060. The third-order valence-electron chi connectivity index (χ3n) is 4.44. The minimum absolute atomic E-state index is 0.0696. The van der Waals surface area contributed by atoms with Gasteiger partial charge in [-0.3, -0.25) is 0 Å². The molecule has 8 heteroatoms. The fraction of sp³-hybridized carbons (Fsp3) is 0.263. The summed E-state index contributed by atoms with van der Waals surface area (Å²) in [4.78, 5) is 7.45. The van der Waals surface area contributed by atoms with Gasteiger partial charge in [-0.1, -0.05) is 0 Å². The predicted octanol–water partition coefficient (Wildman–Crippen LogP) is 6.12. The zero-order valence-corrected chi connectivity index (χ0v) is 15.7. The van der Waals surface area contributed by atoms with Gasteiger partial charge in [-0.15, -0.1) is 0 Å². The van der Waals surface area contributed by atoms with Gasteiger partial charge in [-0.25, -0.2) is 18.6 Å². The van der Waals surface area contributed by atoms with Gasteiger partial charge in [0.05, 0.1) is 22.9 Å². The highest BCUT2D eigenvalue weighted by atomic mass is 79.9. The Morgan fingerprint density at radius 1 is 1.26 bits per heavy atom. The van der Waals surface area contributed by atoms with Crippen LogP contribution in [0.4, 0.5) is 14.5 Å². The summed E-state index contributed by atoms with van der Waals surface area (Å²) in [5.74, 6) is -1.16. The molecule has 1 saturated heterocycles. The Morgan fingerprint density at radius 3 is 2.85 bits per heavy atom. The smallest absolute Gasteiger partial charge is 0.225 e. The number of hydrogen-bond donors (Lipinski definition) is 0. The Kier molecular flexibility index (Phi) is 4.81. The molecular formula is C19H14BrF2N3O2. The van der Waals surface area contributed by atoms with E-state index < -0.39 is 11.6 Å². The highest BCUT2D eigenvalue weighted by Crippen LogP contribution is 2.40. The second-order valence-electron chi connectivity index (χ2n) is 6.17. The summed E-state index contributed by atoms with van der Waals surface area (Å²) in [7, 11) is 0. The molecule has 27 heavy (non-hydrogen) atoms. The number of hydrogen-bond acceptors (Lipinski definition) is 3. The molecule has 1 atom stereocenters. The maximum absolute atomic E-state index is 14.8. The monoisotopic (exact) mass is 433 g/mol. The van der Waals surface area contributed by atoms with E-state index in [1.807, 2.05) is 4.57 Å². The summed E-state index contributed by atoms with van der Waals surface area (Å²) in [5, 5.41) is 0. The molecule has 1 aliphatic rings. The third-order valence-corrected chi connectivity index (χ3v) is 5.18. The lowest BCUT2D eigenvalue weighted by molar-refractivity contribution is -0.0295. The summed E-state index contributed by atoms with van der Waals surface area (Å²) >= 11 is 3.36. The van der Waals surface area contributed by atoms with E-state index in [9.17, 15) is 8.78 Å². The summed E-state index contributed by atoms with van der Waals surface area (Å²) in [6, 6.07) is 5.03. The summed E-state index contributed by atoms with van der Waals surface area (Å²) in [6.07, 6.45) is 4.37. The molecule has 0 N–H and O–H groups in total. The number of imidazole rings is 1. The molecule has 0 amide bonds. The van der Waals surface area contributed by atoms with Crippen LogP contribution in [0.5, 0.6) is 11.5 Å². The van der Waals surface area contributed by atoms with Crippen molar-refractivity contribution in [2.75, 3.05) is 6.61 Å². The first-order valence-corrected chi connectivity index (χ1v) is 9.19. The molecule has 0 aliphatic carbocycles. The van der Waals surface area contributed by atoms with E-state index in [0.717, 1.165) is 25.3 Å². The van der Waals surface area contributed by atoms with Crippen LogP contribution in [0.15, 0.2) is 35.1 Å². The average molecular weight is 434 g/mol. The largest absolute Gasteiger partial charge is 0.454 e. The van der Waals surface area contributed by atoms with Crippen LogP contribution < -0.4 is 4.74 Å². The van der Waals surface area contributed by atoms with Crippen molar-refractivity contribution >= 4 is 32.7 Å². The van der Waals surface area contributed by atoms with Crippen molar-refractivity contribution in [2.24, 2.45) is 0 Å². The van der Waals surface area contributed by atoms with Gasteiger partial charge in [-0.05, 0) is 53.4 Å². The molecule has 1 unspecified atom stereocenters. The molecule has 0 bridgehead atoms. The average Bonchev–Trinajstić information content (AvgIpc) is 3.11. The predicted molar refractivity (Wildman–Crippen MR) is 99.0 cm³/mol. The van der Waals surface area contributed by atoms with E-state index in [1.165, 1.54) is 18.2 Å². The molecule has 138 valence electrons. The van der Waals surface area contributed by atoms with Crippen LogP contribution >= 0.6 is 15.9 Å². The van der Waals surface area contributed by atoms with Gasteiger partial charge in [-0.2, -0.15) is 0 Å². The topological polar surface area (TPSA) is 40.6 Å². The molecule has 1 aromatic heterocycles. The van der Waals surface area contributed by atoms with Gasteiger partial charge >= 0.3 is 0 Å². The van der Waals surface area contributed by atoms with E-state index >= 15 is 0 Å². The van der Waals surface area contributed by atoms with Crippen molar-refractivity contribution in [1.29, 1.82) is 0 Å².